The Kier molecular flexibility index (Phi) is 8.45. The van der Waals surface area contributed by atoms with Gasteiger partial charge in [0.15, 0.2) is 5.13 Å². The molecule has 5 rings (SSSR count). The van der Waals surface area contributed by atoms with Gasteiger partial charge in [-0.1, -0.05) is 76.1 Å². The Morgan fingerprint density at radius 1 is 1.00 bits per heavy atom. The highest BCUT2D eigenvalue weighted by Gasteiger charge is 2.09. The largest absolute Gasteiger partial charge is 0.488 e. The van der Waals surface area contributed by atoms with Crippen molar-refractivity contribution in [3.8, 4) is 17.0 Å². The van der Waals surface area contributed by atoms with Crippen LogP contribution in [0.15, 0.2) is 112 Å². The minimum atomic E-state index is -0.306. The third-order valence-corrected chi connectivity index (χ3v) is 7.08. The predicted molar refractivity (Wildman–Crippen MR) is 162 cm³/mol. The number of hydrogen-bond acceptors (Lipinski definition) is 6. The van der Waals surface area contributed by atoms with Gasteiger partial charge in [-0.05, 0) is 55.0 Å². The highest BCUT2D eigenvalue weighted by molar-refractivity contribution is 9.10. The van der Waals surface area contributed by atoms with Crippen molar-refractivity contribution in [2.75, 3.05) is 5.32 Å². The number of hydrazone groups is 1. The number of amides is 1. The molecule has 0 saturated carbocycles. The van der Waals surface area contributed by atoms with Crippen LogP contribution in [0, 0.1) is 6.92 Å². The topological polar surface area (TPSA) is 75.6 Å². The van der Waals surface area contributed by atoms with Gasteiger partial charge in [-0.25, -0.2) is 10.4 Å². The molecule has 0 bridgehead atoms. The second-order valence-electron chi connectivity index (χ2n) is 8.76. The van der Waals surface area contributed by atoms with Gasteiger partial charge in [0.1, 0.15) is 12.4 Å². The van der Waals surface area contributed by atoms with Crippen LogP contribution in [0.25, 0.3) is 11.3 Å². The summed E-state index contributed by atoms with van der Waals surface area (Å²) in [5, 5.41) is 10.3. The lowest BCUT2D eigenvalue weighted by molar-refractivity contribution is 0.0955. The quantitative estimate of drug-likeness (QED) is 0.134. The van der Waals surface area contributed by atoms with Gasteiger partial charge in [0.05, 0.1) is 11.9 Å². The smallest absolute Gasteiger partial charge is 0.271 e. The van der Waals surface area contributed by atoms with Gasteiger partial charge in [0.2, 0.25) is 0 Å². The Morgan fingerprint density at radius 2 is 1.77 bits per heavy atom. The summed E-state index contributed by atoms with van der Waals surface area (Å²) in [4.78, 5) is 17.3. The molecule has 0 aliphatic heterocycles. The van der Waals surface area contributed by atoms with Crippen molar-refractivity contribution < 1.29 is 9.53 Å². The minimum absolute atomic E-state index is 0.306. The number of hydrogen-bond donors (Lipinski definition) is 2. The van der Waals surface area contributed by atoms with Gasteiger partial charge in [-0.2, -0.15) is 5.10 Å². The van der Waals surface area contributed by atoms with E-state index in [2.05, 4.69) is 55.8 Å². The van der Waals surface area contributed by atoms with Crippen molar-refractivity contribution in [1.29, 1.82) is 0 Å². The summed E-state index contributed by atoms with van der Waals surface area (Å²) in [5.41, 5.74) is 8.88. The molecule has 0 radical (unpaired) electrons. The van der Waals surface area contributed by atoms with Crippen molar-refractivity contribution in [2.24, 2.45) is 5.10 Å². The maximum absolute atomic E-state index is 12.7. The van der Waals surface area contributed by atoms with E-state index < -0.39 is 0 Å². The normalized spacial score (nSPS) is 10.9. The van der Waals surface area contributed by atoms with Crippen LogP contribution >= 0.6 is 27.3 Å². The second kappa shape index (κ2) is 12.5. The summed E-state index contributed by atoms with van der Waals surface area (Å²) in [5.74, 6) is 0.366. The first-order valence-corrected chi connectivity index (χ1v) is 13.9. The van der Waals surface area contributed by atoms with Crippen molar-refractivity contribution in [3.63, 3.8) is 0 Å². The summed E-state index contributed by atoms with van der Waals surface area (Å²) in [6.07, 6.45) is 1.58. The van der Waals surface area contributed by atoms with Crippen LogP contribution < -0.4 is 15.5 Å². The summed E-state index contributed by atoms with van der Waals surface area (Å²) < 4.78 is 6.90. The number of para-hydroxylation sites is 1. The Labute approximate surface area is 239 Å². The molecule has 0 fully saturated rings. The highest BCUT2D eigenvalue weighted by atomic mass is 79.9. The van der Waals surface area contributed by atoms with Crippen LogP contribution in [0.5, 0.6) is 5.75 Å². The van der Waals surface area contributed by atoms with E-state index >= 15 is 0 Å². The molecule has 2 N–H and O–H groups in total. The van der Waals surface area contributed by atoms with E-state index in [9.17, 15) is 4.79 Å². The number of thiazole rings is 1. The number of anilines is 2. The number of carbonyl (C=O) groups is 1. The minimum Gasteiger partial charge on any atom is -0.488 e. The number of benzene rings is 4. The van der Waals surface area contributed by atoms with Gasteiger partial charge >= 0.3 is 0 Å². The van der Waals surface area contributed by atoms with Gasteiger partial charge in [0.25, 0.3) is 5.91 Å². The monoisotopic (exact) mass is 596 g/mol. The molecule has 1 heterocycles. The lowest BCUT2D eigenvalue weighted by Gasteiger charge is -2.10. The first-order chi connectivity index (χ1) is 19.0. The molecule has 194 valence electrons. The molecule has 0 atom stereocenters. The van der Waals surface area contributed by atoms with Crippen LogP contribution in [-0.4, -0.2) is 17.1 Å². The maximum Gasteiger partial charge on any atom is 0.271 e. The third kappa shape index (κ3) is 7.19. The van der Waals surface area contributed by atoms with E-state index in [0.717, 1.165) is 37.7 Å². The van der Waals surface area contributed by atoms with E-state index in [1.165, 1.54) is 16.9 Å². The van der Waals surface area contributed by atoms with Crippen LogP contribution in [0.4, 0.5) is 10.8 Å². The molecule has 1 amide bonds. The van der Waals surface area contributed by atoms with E-state index in [1.54, 1.807) is 18.3 Å². The third-order valence-electron chi connectivity index (χ3n) is 5.83. The van der Waals surface area contributed by atoms with E-state index in [1.807, 2.05) is 78.2 Å². The maximum atomic E-state index is 12.7. The number of ether oxygens (including phenoxy) is 1. The zero-order valence-corrected chi connectivity index (χ0v) is 23.5. The van der Waals surface area contributed by atoms with Gasteiger partial charge in [-0.15, -0.1) is 11.3 Å². The van der Waals surface area contributed by atoms with Gasteiger partial charge < -0.3 is 10.1 Å². The predicted octanol–water partition coefficient (Wildman–Crippen LogP) is 7.97. The van der Waals surface area contributed by atoms with E-state index in [-0.39, 0.29) is 5.91 Å². The van der Waals surface area contributed by atoms with Crippen molar-refractivity contribution >= 4 is 50.2 Å². The fraction of sp³-hybridized carbons (Fsp3) is 0.0645. The SMILES string of the molecule is Cc1ccc(COc2ccc(Br)cc2/C=N\NC(=O)c2ccc(-c3csc(Nc4ccccc4)n3)cc2)cc1. The molecule has 6 nitrogen and oxygen atoms in total. The first kappa shape index (κ1) is 26.3. The molecular formula is C31H25BrN4O2S. The Bertz CT molecular complexity index is 1580. The van der Waals surface area contributed by atoms with Crippen LogP contribution in [0.2, 0.25) is 0 Å². The number of aromatic nitrogens is 1. The number of nitrogens with zero attached hydrogens (tertiary/aromatic N) is 2. The Morgan fingerprint density at radius 3 is 2.54 bits per heavy atom. The van der Waals surface area contributed by atoms with Crippen LogP contribution in [-0.2, 0) is 6.61 Å². The lowest BCUT2D eigenvalue weighted by atomic mass is 10.1. The number of carbonyl (C=O) groups excluding carboxylic acids is 1. The fourth-order valence-electron chi connectivity index (χ4n) is 3.72. The first-order valence-electron chi connectivity index (χ1n) is 12.2. The summed E-state index contributed by atoms with van der Waals surface area (Å²) in [7, 11) is 0. The number of aryl methyl sites for hydroxylation is 1. The molecule has 0 saturated heterocycles. The number of halogens is 1. The van der Waals surface area contributed by atoms with Crippen molar-refractivity contribution in [2.45, 2.75) is 13.5 Å². The summed E-state index contributed by atoms with van der Waals surface area (Å²) in [6, 6.07) is 31.1. The molecule has 0 aliphatic carbocycles. The second-order valence-corrected chi connectivity index (χ2v) is 10.5. The van der Waals surface area contributed by atoms with E-state index in [4.69, 9.17) is 4.74 Å². The summed E-state index contributed by atoms with van der Waals surface area (Å²) in [6.45, 7) is 2.49. The van der Waals surface area contributed by atoms with Crippen LogP contribution in [0.1, 0.15) is 27.0 Å². The number of rotatable bonds is 9. The molecule has 1 aromatic heterocycles. The molecule has 0 aliphatic rings. The number of nitrogens with one attached hydrogen (secondary N) is 2. The van der Waals surface area contributed by atoms with E-state index in [0.29, 0.717) is 17.9 Å². The molecule has 5 aromatic rings. The van der Waals surface area contributed by atoms with Gasteiger partial charge in [0, 0.05) is 32.2 Å². The molecule has 0 unspecified atom stereocenters. The fourth-order valence-corrected chi connectivity index (χ4v) is 4.84. The van der Waals surface area contributed by atoms with Gasteiger partial charge in [-0.3, -0.25) is 4.79 Å². The summed E-state index contributed by atoms with van der Waals surface area (Å²) >= 11 is 5.02. The average molecular weight is 598 g/mol. The molecular weight excluding hydrogens is 572 g/mol. The molecule has 4 aromatic carbocycles. The highest BCUT2D eigenvalue weighted by Crippen LogP contribution is 2.27. The van der Waals surface area contributed by atoms with Crippen LogP contribution in [0.3, 0.4) is 0 Å². The average Bonchev–Trinajstić information content (AvgIpc) is 3.42. The zero-order valence-electron chi connectivity index (χ0n) is 21.1. The molecule has 0 spiro atoms. The van der Waals surface area contributed by atoms with Crippen molar-refractivity contribution in [3.05, 3.63) is 129 Å². The standard InChI is InChI=1S/C31H25BrN4O2S/c1-21-7-9-22(10-8-21)19-38-29-16-15-26(32)17-25(29)18-33-36-30(37)24-13-11-23(12-14-24)28-20-39-31(35-28)34-27-5-3-2-4-6-27/h2-18,20H,19H2,1H3,(H,34,35)(H,36,37)/b33-18-. The molecule has 8 heteroatoms. The Hall–Kier alpha value is -4.27. The molecule has 39 heavy (non-hydrogen) atoms. The zero-order chi connectivity index (χ0) is 27.0. The lowest BCUT2D eigenvalue weighted by Crippen LogP contribution is -2.17. The Balaban J connectivity index is 1.20. The van der Waals surface area contributed by atoms with Crippen molar-refractivity contribution in [1.82, 2.24) is 10.4 Å².